The van der Waals surface area contributed by atoms with Crippen molar-refractivity contribution in [1.82, 2.24) is 10.5 Å². The first-order chi connectivity index (χ1) is 8.21. The van der Waals surface area contributed by atoms with Gasteiger partial charge in [-0.1, -0.05) is 11.6 Å². The van der Waals surface area contributed by atoms with E-state index in [0.29, 0.717) is 6.07 Å². The fourth-order valence-corrected chi connectivity index (χ4v) is 1.23. The number of rotatable bonds is 3. The van der Waals surface area contributed by atoms with Gasteiger partial charge >= 0.3 is 6.18 Å². The first-order valence-corrected chi connectivity index (χ1v) is 5.28. The van der Waals surface area contributed by atoms with Gasteiger partial charge in [0.1, 0.15) is 5.15 Å². The van der Waals surface area contributed by atoms with Crippen LogP contribution < -0.4 is 5.48 Å². The van der Waals surface area contributed by atoms with E-state index in [4.69, 9.17) is 16.4 Å². The lowest BCUT2D eigenvalue weighted by molar-refractivity contribution is -0.138. The minimum absolute atomic E-state index is 0.344. The molecule has 18 heavy (non-hydrogen) atoms. The fraction of sp³-hybridized carbons (Fsp3) is 0.400. The molecule has 1 aromatic heterocycles. The average molecular weight is 283 g/mol. The molecule has 0 saturated carbocycles. The van der Waals surface area contributed by atoms with Gasteiger partial charge in [0.15, 0.2) is 0 Å². The highest BCUT2D eigenvalue weighted by atomic mass is 35.5. The maximum absolute atomic E-state index is 12.7. The van der Waals surface area contributed by atoms with E-state index in [9.17, 15) is 18.0 Å². The lowest BCUT2D eigenvalue weighted by Crippen LogP contribution is -2.29. The van der Waals surface area contributed by atoms with Crippen LogP contribution in [0.4, 0.5) is 13.2 Å². The van der Waals surface area contributed by atoms with E-state index in [1.54, 1.807) is 13.8 Å². The SMILES string of the molecule is CC(C)ONC(=O)c1cnc(Cl)cc1C(F)(F)F. The van der Waals surface area contributed by atoms with E-state index >= 15 is 0 Å². The molecule has 8 heteroatoms. The van der Waals surface area contributed by atoms with Crippen LogP contribution in [0.3, 0.4) is 0 Å². The highest BCUT2D eigenvalue weighted by molar-refractivity contribution is 6.29. The van der Waals surface area contributed by atoms with Gasteiger partial charge < -0.3 is 0 Å². The number of alkyl halides is 3. The summed E-state index contributed by atoms with van der Waals surface area (Å²) < 4.78 is 38.0. The molecule has 1 rings (SSSR count). The molecule has 0 spiro atoms. The number of hydrogen-bond donors (Lipinski definition) is 1. The van der Waals surface area contributed by atoms with Gasteiger partial charge in [-0.25, -0.2) is 10.5 Å². The Labute approximate surface area is 106 Å². The quantitative estimate of drug-likeness (QED) is 0.685. The fourth-order valence-electron chi connectivity index (χ4n) is 1.07. The second-order valence-corrected chi connectivity index (χ2v) is 4.04. The molecule has 0 aliphatic heterocycles. The summed E-state index contributed by atoms with van der Waals surface area (Å²) in [5.41, 5.74) is 0.103. The van der Waals surface area contributed by atoms with Crippen LogP contribution >= 0.6 is 11.6 Å². The molecular formula is C10H10ClF3N2O2. The summed E-state index contributed by atoms with van der Waals surface area (Å²) in [5, 5.41) is -0.344. The summed E-state index contributed by atoms with van der Waals surface area (Å²) >= 11 is 5.38. The highest BCUT2D eigenvalue weighted by Crippen LogP contribution is 2.32. The Bertz CT molecular complexity index is 449. The van der Waals surface area contributed by atoms with E-state index in [1.165, 1.54) is 0 Å². The Morgan fingerprint density at radius 3 is 2.61 bits per heavy atom. The van der Waals surface area contributed by atoms with Crippen molar-refractivity contribution in [3.63, 3.8) is 0 Å². The summed E-state index contributed by atoms with van der Waals surface area (Å²) in [5.74, 6) is -1.03. The number of carbonyl (C=O) groups excluding carboxylic acids is 1. The molecule has 0 aliphatic carbocycles. The van der Waals surface area contributed by atoms with E-state index in [-0.39, 0.29) is 11.3 Å². The molecule has 1 heterocycles. The normalized spacial score (nSPS) is 11.7. The van der Waals surface area contributed by atoms with Crippen LogP contribution in [-0.2, 0) is 11.0 Å². The topological polar surface area (TPSA) is 51.2 Å². The zero-order chi connectivity index (χ0) is 13.9. The number of hydrogen-bond acceptors (Lipinski definition) is 3. The number of nitrogens with one attached hydrogen (secondary N) is 1. The maximum Gasteiger partial charge on any atom is 0.417 e. The minimum Gasteiger partial charge on any atom is -0.271 e. The first-order valence-electron chi connectivity index (χ1n) is 4.90. The summed E-state index contributed by atoms with van der Waals surface area (Å²) in [6.07, 6.45) is -4.30. The standard InChI is InChI=1S/C10H10ClF3N2O2/c1-5(2)18-16-9(17)6-4-15-8(11)3-7(6)10(12,13)14/h3-5H,1-2H3,(H,16,17). The maximum atomic E-state index is 12.7. The first kappa shape index (κ1) is 14.7. The molecular weight excluding hydrogens is 273 g/mol. The average Bonchev–Trinajstić information content (AvgIpc) is 2.24. The van der Waals surface area contributed by atoms with Crippen LogP contribution in [0, 0.1) is 0 Å². The van der Waals surface area contributed by atoms with Gasteiger partial charge in [-0.2, -0.15) is 13.2 Å². The van der Waals surface area contributed by atoms with Gasteiger partial charge in [0.2, 0.25) is 0 Å². The molecule has 1 amide bonds. The van der Waals surface area contributed by atoms with Gasteiger partial charge in [-0.3, -0.25) is 9.63 Å². The van der Waals surface area contributed by atoms with Crippen molar-refractivity contribution < 1.29 is 22.8 Å². The number of pyridine rings is 1. The monoisotopic (exact) mass is 282 g/mol. The summed E-state index contributed by atoms with van der Waals surface area (Å²) in [6.45, 7) is 3.23. The van der Waals surface area contributed by atoms with E-state index in [0.717, 1.165) is 6.20 Å². The molecule has 0 bridgehead atoms. The van der Waals surface area contributed by atoms with Crippen LogP contribution in [0.5, 0.6) is 0 Å². The van der Waals surface area contributed by atoms with E-state index < -0.39 is 23.2 Å². The largest absolute Gasteiger partial charge is 0.417 e. The molecule has 4 nitrogen and oxygen atoms in total. The molecule has 1 N–H and O–H groups in total. The van der Waals surface area contributed by atoms with Gasteiger partial charge in [0, 0.05) is 6.20 Å². The summed E-state index contributed by atoms with van der Waals surface area (Å²) in [7, 11) is 0. The van der Waals surface area contributed by atoms with Gasteiger partial charge in [0.05, 0.1) is 17.2 Å². The van der Waals surface area contributed by atoms with Gasteiger partial charge in [0.25, 0.3) is 5.91 Å². The molecule has 0 unspecified atom stereocenters. The Morgan fingerprint density at radius 1 is 1.50 bits per heavy atom. The van der Waals surface area contributed by atoms with E-state index in [2.05, 4.69) is 4.98 Å². The van der Waals surface area contributed by atoms with Crippen LogP contribution in [0.1, 0.15) is 29.8 Å². The van der Waals surface area contributed by atoms with Crippen molar-refractivity contribution in [2.45, 2.75) is 26.1 Å². The third kappa shape index (κ3) is 3.85. The van der Waals surface area contributed by atoms with Crippen molar-refractivity contribution in [3.05, 3.63) is 28.5 Å². The van der Waals surface area contributed by atoms with E-state index in [1.807, 2.05) is 5.48 Å². The third-order valence-electron chi connectivity index (χ3n) is 1.81. The molecule has 100 valence electrons. The smallest absolute Gasteiger partial charge is 0.271 e. The number of amides is 1. The van der Waals surface area contributed by atoms with Crippen molar-refractivity contribution in [2.75, 3.05) is 0 Å². The number of aromatic nitrogens is 1. The lowest BCUT2D eigenvalue weighted by Gasteiger charge is -2.13. The van der Waals surface area contributed by atoms with Crippen LogP contribution in [0.15, 0.2) is 12.3 Å². The molecule has 0 fully saturated rings. The predicted molar refractivity (Wildman–Crippen MR) is 57.9 cm³/mol. The van der Waals surface area contributed by atoms with Gasteiger partial charge in [-0.05, 0) is 19.9 Å². The third-order valence-corrected chi connectivity index (χ3v) is 2.01. The highest BCUT2D eigenvalue weighted by Gasteiger charge is 2.36. The molecule has 0 saturated heterocycles. The predicted octanol–water partition coefficient (Wildman–Crippen LogP) is 2.82. The van der Waals surface area contributed by atoms with Gasteiger partial charge in [-0.15, -0.1) is 0 Å². The zero-order valence-corrected chi connectivity index (χ0v) is 10.3. The molecule has 0 radical (unpaired) electrons. The Balaban J connectivity index is 3.05. The summed E-state index contributed by atoms with van der Waals surface area (Å²) in [4.78, 5) is 19.7. The molecule has 0 aromatic carbocycles. The van der Waals surface area contributed by atoms with Crippen molar-refractivity contribution in [3.8, 4) is 0 Å². The molecule has 1 aromatic rings. The van der Waals surface area contributed by atoms with Crippen molar-refractivity contribution in [1.29, 1.82) is 0 Å². The Hall–Kier alpha value is -1.34. The molecule has 0 aliphatic rings. The second kappa shape index (κ2) is 5.53. The van der Waals surface area contributed by atoms with Crippen LogP contribution in [-0.4, -0.2) is 17.0 Å². The number of carbonyl (C=O) groups is 1. The van der Waals surface area contributed by atoms with Crippen molar-refractivity contribution >= 4 is 17.5 Å². The number of nitrogens with zero attached hydrogens (tertiary/aromatic N) is 1. The number of hydroxylamine groups is 1. The van der Waals surface area contributed by atoms with Crippen molar-refractivity contribution in [2.24, 2.45) is 0 Å². The lowest BCUT2D eigenvalue weighted by atomic mass is 10.1. The minimum atomic E-state index is -4.70. The van der Waals surface area contributed by atoms with Crippen LogP contribution in [0.2, 0.25) is 5.15 Å². The molecule has 0 atom stereocenters. The summed E-state index contributed by atoms with van der Waals surface area (Å²) in [6, 6.07) is 0.589. The Morgan fingerprint density at radius 2 is 2.11 bits per heavy atom. The zero-order valence-electron chi connectivity index (χ0n) is 9.51. The number of halogens is 4. The Kier molecular flexibility index (Phi) is 4.53. The second-order valence-electron chi connectivity index (χ2n) is 3.65. The van der Waals surface area contributed by atoms with Crippen LogP contribution in [0.25, 0.3) is 0 Å².